The van der Waals surface area contributed by atoms with Crippen LogP contribution < -0.4 is 9.47 Å². The molecule has 0 bridgehead atoms. The predicted octanol–water partition coefficient (Wildman–Crippen LogP) is 4.76. The van der Waals surface area contributed by atoms with E-state index in [0.29, 0.717) is 19.6 Å². The molecule has 0 aliphatic heterocycles. The summed E-state index contributed by atoms with van der Waals surface area (Å²) in [6.45, 7) is 7.02. The zero-order valence-corrected chi connectivity index (χ0v) is 16.3. The normalized spacial score (nSPS) is 9.75. The summed E-state index contributed by atoms with van der Waals surface area (Å²) in [7, 11) is 0. The van der Waals surface area contributed by atoms with Crippen LogP contribution in [0.25, 0.3) is 0 Å². The van der Waals surface area contributed by atoms with Gasteiger partial charge in [0.1, 0.15) is 11.5 Å². The van der Waals surface area contributed by atoms with Crippen LogP contribution >= 0.6 is 0 Å². The van der Waals surface area contributed by atoms with E-state index in [0.717, 1.165) is 48.2 Å². The Bertz CT molecular complexity index is 795. The van der Waals surface area contributed by atoms with Gasteiger partial charge in [0, 0.05) is 23.6 Å². The van der Waals surface area contributed by atoms with Crippen molar-refractivity contribution in [2.75, 3.05) is 19.8 Å². The van der Waals surface area contributed by atoms with Gasteiger partial charge < -0.3 is 14.2 Å². The van der Waals surface area contributed by atoms with Crippen molar-refractivity contribution >= 4 is 5.97 Å². The van der Waals surface area contributed by atoms with Gasteiger partial charge in [0.25, 0.3) is 0 Å². The average molecular weight is 378 g/mol. The second-order valence-electron chi connectivity index (χ2n) is 6.07. The summed E-state index contributed by atoms with van der Waals surface area (Å²) in [5.74, 6) is 7.51. The van der Waals surface area contributed by atoms with Crippen LogP contribution in [0.1, 0.15) is 37.3 Å². The molecule has 28 heavy (non-hydrogen) atoms. The zero-order valence-electron chi connectivity index (χ0n) is 16.3. The highest BCUT2D eigenvalue weighted by molar-refractivity contribution is 5.81. The van der Waals surface area contributed by atoms with Gasteiger partial charge in [-0.25, -0.2) is 4.79 Å². The van der Waals surface area contributed by atoms with Crippen molar-refractivity contribution in [2.24, 2.45) is 0 Å². The Morgan fingerprint density at radius 2 is 1.36 bits per heavy atom. The maximum Gasteiger partial charge on any atom is 0.330 e. The van der Waals surface area contributed by atoms with E-state index in [1.54, 1.807) is 0 Å². The predicted molar refractivity (Wildman–Crippen MR) is 111 cm³/mol. The highest BCUT2D eigenvalue weighted by Crippen LogP contribution is 2.14. The summed E-state index contributed by atoms with van der Waals surface area (Å²) in [5.41, 5.74) is 1.85. The van der Waals surface area contributed by atoms with E-state index < -0.39 is 5.97 Å². The first-order chi connectivity index (χ1) is 13.7. The molecular weight excluding hydrogens is 352 g/mol. The second-order valence-corrected chi connectivity index (χ2v) is 6.07. The summed E-state index contributed by atoms with van der Waals surface area (Å²) in [5, 5.41) is 0. The summed E-state index contributed by atoms with van der Waals surface area (Å²) >= 11 is 0. The second kappa shape index (κ2) is 12.2. The van der Waals surface area contributed by atoms with Crippen LogP contribution in [0, 0.1) is 11.8 Å². The van der Waals surface area contributed by atoms with E-state index >= 15 is 0 Å². The number of rotatable bonds is 10. The van der Waals surface area contributed by atoms with Gasteiger partial charge in [0.05, 0.1) is 19.8 Å². The molecular formula is C24H26O4. The number of ether oxygens (including phenoxy) is 3. The monoisotopic (exact) mass is 378 g/mol. The molecule has 2 aromatic carbocycles. The van der Waals surface area contributed by atoms with Crippen molar-refractivity contribution in [1.29, 1.82) is 0 Å². The summed E-state index contributed by atoms with van der Waals surface area (Å²) < 4.78 is 16.2. The molecule has 0 amide bonds. The smallest absolute Gasteiger partial charge is 0.330 e. The Morgan fingerprint density at radius 3 is 1.82 bits per heavy atom. The number of carbonyl (C=O) groups is 1. The lowest BCUT2D eigenvalue weighted by Crippen LogP contribution is -2.06. The van der Waals surface area contributed by atoms with Gasteiger partial charge in [-0.15, -0.1) is 0 Å². The lowest BCUT2D eigenvalue weighted by molar-refractivity contribution is -0.137. The molecule has 0 spiro atoms. The number of esters is 1. The van der Waals surface area contributed by atoms with Gasteiger partial charge in [0.2, 0.25) is 0 Å². The molecule has 0 aliphatic rings. The standard InChI is InChI=1S/C24H26O4/c1-3-5-17-26-22-13-9-20(10-14-22)7-8-21-11-15-23(16-12-21)27-18-6-19-28-24(25)4-2/h4,9-16H,2-3,5-6,17-19H2,1H3. The largest absolute Gasteiger partial charge is 0.494 e. The Hall–Kier alpha value is -3.19. The third-order valence-electron chi connectivity index (χ3n) is 3.79. The number of unbranched alkanes of at least 4 members (excludes halogenated alkanes) is 1. The third-order valence-corrected chi connectivity index (χ3v) is 3.79. The quantitative estimate of drug-likeness (QED) is 0.259. The van der Waals surface area contributed by atoms with E-state index in [2.05, 4.69) is 25.3 Å². The minimum absolute atomic E-state index is 0.316. The van der Waals surface area contributed by atoms with E-state index in [1.807, 2.05) is 48.5 Å². The maximum atomic E-state index is 10.9. The molecule has 146 valence electrons. The van der Waals surface area contributed by atoms with Crippen LogP contribution in [0.4, 0.5) is 0 Å². The van der Waals surface area contributed by atoms with Crippen molar-refractivity contribution in [2.45, 2.75) is 26.2 Å². The number of benzene rings is 2. The first kappa shape index (κ1) is 21.1. The molecule has 0 saturated carbocycles. The first-order valence-corrected chi connectivity index (χ1v) is 9.48. The Balaban J connectivity index is 1.78. The van der Waals surface area contributed by atoms with E-state index in [-0.39, 0.29) is 0 Å². The molecule has 0 heterocycles. The van der Waals surface area contributed by atoms with Crippen LogP contribution in [-0.2, 0) is 9.53 Å². The van der Waals surface area contributed by atoms with Crippen LogP contribution in [0.2, 0.25) is 0 Å². The fourth-order valence-corrected chi connectivity index (χ4v) is 2.23. The van der Waals surface area contributed by atoms with Crippen molar-refractivity contribution in [1.82, 2.24) is 0 Å². The van der Waals surface area contributed by atoms with Crippen LogP contribution in [0.15, 0.2) is 61.2 Å². The summed E-state index contributed by atoms with van der Waals surface area (Å²) in [4.78, 5) is 10.9. The molecule has 0 atom stereocenters. The minimum Gasteiger partial charge on any atom is -0.494 e. The minimum atomic E-state index is -0.415. The van der Waals surface area contributed by atoms with Crippen molar-refractivity contribution in [3.05, 3.63) is 72.3 Å². The van der Waals surface area contributed by atoms with E-state index in [1.165, 1.54) is 0 Å². The third kappa shape index (κ3) is 8.01. The fourth-order valence-electron chi connectivity index (χ4n) is 2.23. The van der Waals surface area contributed by atoms with Gasteiger partial charge in [-0.1, -0.05) is 31.8 Å². The average Bonchev–Trinajstić information content (AvgIpc) is 2.74. The van der Waals surface area contributed by atoms with E-state index in [4.69, 9.17) is 14.2 Å². The van der Waals surface area contributed by atoms with Gasteiger partial charge in [-0.3, -0.25) is 0 Å². The molecule has 0 unspecified atom stereocenters. The highest BCUT2D eigenvalue weighted by atomic mass is 16.5. The van der Waals surface area contributed by atoms with Gasteiger partial charge in [-0.05, 0) is 55.0 Å². The van der Waals surface area contributed by atoms with Crippen LogP contribution in [-0.4, -0.2) is 25.8 Å². The topological polar surface area (TPSA) is 44.8 Å². The molecule has 0 aromatic heterocycles. The van der Waals surface area contributed by atoms with Crippen LogP contribution in [0.3, 0.4) is 0 Å². The highest BCUT2D eigenvalue weighted by Gasteiger charge is 1.98. The molecule has 0 fully saturated rings. The summed E-state index contributed by atoms with van der Waals surface area (Å²) in [6.07, 6.45) is 3.96. The zero-order chi connectivity index (χ0) is 20.0. The molecule has 0 radical (unpaired) electrons. The molecule has 0 aliphatic carbocycles. The molecule has 2 aromatic rings. The number of hydrogen-bond donors (Lipinski definition) is 0. The lowest BCUT2D eigenvalue weighted by Gasteiger charge is -2.06. The fraction of sp³-hybridized carbons (Fsp3) is 0.292. The number of hydrogen-bond acceptors (Lipinski definition) is 4. The Labute approximate surface area is 167 Å². The first-order valence-electron chi connectivity index (χ1n) is 9.48. The van der Waals surface area contributed by atoms with Gasteiger partial charge in [0.15, 0.2) is 0 Å². The SMILES string of the molecule is C=CC(=O)OCCCOc1ccc(C#Cc2ccc(OCCCC)cc2)cc1. The lowest BCUT2D eigenvalue weighted by atomic mass is 10.2. The molecule has 4 heteroatoms. The van der Waals surface area contributed by atoms with E-state index in [9.17, 15) is 4.79 Å². The van der Waals surface area contributed by atoms with Crippen molar-refractivity contribution in [3.63, 3.8) is 0 Å². The number of carbonyl (C=O) groups excluding carboxylic acids is 1. The molecule has 2 rings (SSSR count). The van der Waals surface area contributed by atoms with Crippen molar-refractivity contribution in [3.8, 4) is 23.3 Å². The molecule has 4 nitrogen and oxygen atoms in total. The molecule has 0 saturated heterocycles. The molecule has 0 N–H and O–H groups in total. The van der Waals surface area contributed by atoms with Gasteiger partial charge >= 0.3 is 5.97 Å². The maximum absolute atomic E-state index is 10.9. The van der Waals surface area contributed by atoms with Crippen LogP contribution in [0.5, 0.6) is 11.5 Å². The van der Waals surface area contributed by atoms with Gasteiger partial charge in [-0.2, -0.15) is 0 Å². The Morgan fingerprint density at radius 1 is 0.857 bits per heavy atom. The Kier molecular flexibility index (Phi) is 9.23. The van der Waals surface area contributed by atoms with Crippen molar-refractivity contribution < 1.29 is 19.0 Å². The summed E-state index contributed by atoms with van der Waals surface area (Å²) in [6, 6.07) is 15.4.